The van der Waals surface area contributed by atoms with Gasteiger partial charge in [-0.25, -0.2) is 4.99 Å². The van der Waals surface area contributed by atoms with Crippen LogP contribution < -0.4 is 15.4 Å². The molecule has 0 fully saturated rings. The third kappa shape index (κ3) is 4.39. The zero-order valence-corrected chi connectivity index (χ0v) is 13.6. The quantitative estimate of drug-likeness (QED) is 0.566. The number of nitrogens with zero attached hydrogens (tertiary/aromatic N) is 1. The highest BCUT2D eigenvalue weighted by atomic mass is 32.1. The molecule has 0 unspecified atom stereocenters. The van der Waals surface area contributed by atoms with E-state index in [0.717, 1.165) is 24.6 Å². The number of phenolic OH excluding ortho intramolecular Hbond substituents is 1. The monoisotopic (exact) mass is 319 g/mol. The normalized spacial score (nSPS) is 11.3. The molecule has 2 rings (SSSR count). The van der Waals surface area contributed by atoms with Crippen LogP contribution in [0.5, 0.6) is 11.5 Å². The van der Waals surface area contributed by atoms with Gasteiger partial charge in [0.25, 0.3) is 0 Å². The number of benzene rings is 1. The van der Waals surface area contributed by atoms with Crippen LogP contribution in [-0.4, -0.2) is 24.7 Å². The average molecular weight is 319 g/mol. The summed E-state index contributed by atoms with van der Waals surface area (Å²) in [5.41, 5.74) is 0.729. The van der Waals surface area contributed by atoms with Crippen molar-refractivity contribution in [1.82, 2.24) is 10.6 Å². The van der Waals surface area contributed by atoms with Gasteiger partial charge < -0.3 is 20.5 Å². The highest BCUT2D eigenvalue weighted by Gasteiger charge is 2.07. The predicted molar refractivity (Wildman–Crippen MR) is 90.6 cm³/mol. The van der Waals surface area contributed by atoms with E-state index in [-0.39, 0.29) is 5.75 Å². The summed E-state index contributed by atoms with van der Waals surface area (Å²) in [6, 6.07) is 9.51. The number of hydrogen-bond donors (Lipinski definition) is 3. The van der Waals surface area contributed by atoms with E-state index < -0.39 is 0 Å². The van der Waals surface area contributed by atoms with Gasteiger partial charge in [-0.15, -0.1) is 11.3 Å². The van der Waals surface area contributed by atoms with Gasteiger partial charge in [-0.2, -0.15) is 0 Å². The molecule has 1 heterocycles. The van der Waals surface area contributed by atoms with Crippen LogP contribution in [0.1, 0.15) is 17.4 Å². The van der Waals surface area contributed by atoms with Crippen LogP contribution in [0.15, 0.2) is 40.7 Å². The summed E-state index contributed by atoms with van der Waals surface area (Å²) in [7, 11) is 1.54. The summed E-state index contributed by atoms with van der Waals surface area (Å²) in [6.07, 6.45) is 0. The Hall–Kier alpha value is -2.21. The molecule has 0 aliphatic heterocycles. The van der Waals surface area contributed by atoms with Gasteiger partial charge in [0.05, 0.1) is 20.2 Å². The second kappa shape index (κ2) is 8.29. The zero-order chi connectivity index (χ0) is 15.8. The number of phenols is 1. The Labute approximate surface area is 134 Å². The number of ether oxygens (including phenoxy) is 1. The van der Waals surface area contributed by atoms with Crippen LogP contribution in [0.3, 0.4) is 0 Å². The van der Waals surface area contributed by atoms with Crippen LogP contribution >= 0.6 is 11.3 Å². The topological polar surface area (TPSA) is 65.9 Å². The molecule has 6 heteroatoms. The number of nitrogens with one attached hydrogen (secondary N) is 2. The number of aromatic hydroxyl groups is 1. The first-order valence-electron chi connectivity index (χ1n) is 7.14. The first kappa shape index (κ1) is 16.2. The maximum absolute atomic E-state index is 10.1. The Morgan fingerprint density at radius 1 is 1.27 bits per heavy atom. The van der Waals surface area contributed by atoms with Crippen LogP contribution in [0.4, 0.5) is 0 Å². The molecule has 0 spiro atoms. The molecule has 0 aliphatic rings. The van der Waals surface area contributed by atoms with E-state index in [9.17, 15) is 5.11 Å². The number of methoxy groups -OCH3 is 1. The number of guanidine groups is 1. The van der Waals surface area contributed by atoms with Crippen molar-refractivity contribution in [3.05, 3.63) is 46.2 Å². The second-order valence-electron chi connectivity index (χ2n) is 4.60. The van der Waals surface area contributed by atoms with Crippen molar-refractivity contribution in [2.24, 2.45) is 4.99 Å². The first-order chi connectivity index (χ1) is 10.7. The molecule has 2 aromatic rings. The average Bonchev–Trinajstić information content (AvgIpc) is 3.04. The molecule has 1 aromatic heterocycles. The first-order valence-corrected chi connectivity index (χ1v) is 8.02. The van der Waals surface area contributed by atoms with Crippen LogP contribution in [-0.2, 0) is 13.1 Å². The van der Waals surface area contributed by atoms with Crippen molar-refractivity contribution >= 4 is 17.3 Å². The summed E-state index contributed by atoms with van der Waals surface area (Å²) in [5, 5.41) is 18.6. The molecule has 22 heavy (non-hydrogen) atoms. The molecular weight excluding hydrogens is 298 g/mol. The Morgan fingerprint density at radius 2 is 2.14 bits per heavy atom. The smallest absolute Gasteiger partial charge is 0.191 e. The highest BCUT2D eigenvalue weighted by molar-refractivity contribution is 7.09. The molecule has 0 aliphatic carbocycles. The summed E-state index contributed by atoms with van der Waals surface area (Å²) >= 11 is 1.70. The maximum Gasteiger partial charge on any atom is 0.191 e. The standard InChI is InChI=1S/C16H21N3O2S/c1-3-17-16(19-11-13-7-5-9-22-13)18-10-12-6-4-8-14(21-2)15(12)20/h4-9,20H,3,10-11H2,1-2H3,(H2,17,18,19). The fourth-order valence-corrected chi connectivity index (χ4v) is 2.59. The number of rotatable bonds is 6. The van der Waals surface area contributed by atoms with Crippen LogP contribution in [0, 0.1) is 0 Å². The van der Waals surface area contributed by atoms with Crippen LogP contribution in [0.25, 0.3) is 0 Å². The van der Waals surface area contributed by atoms with E-state index >= 15 is 0 Å². The number of para-hydroxylation sites is 1. The molecule has 0 amide bonds. The molecule has 0 saturated heterocycles. The van der Waals surface area contributed by atoms with E-state index in [4.69, 9.17) is 4.74 Å². The van der Waals surface area contributed by atoms with Gasteiger partial charge in [0.15, 0.2) is 17.5 Å². The lowest BCUT2D eigenvalue weighted by Gasteiger charge is -2.11. The Kier molecular flexibility index (Phi) is 6.09. The SMILES string of the molecule is CCNC(=NCc1cccc(OC)c1O)NCc1cccs1. The van der Waals surface area contributed by atoms with E-state index in [1.54, 1.807) is 17.4 Å². The van der Waals surface area contributed by atoms with Crippen molar-refractivity contribution in [3.8, 4) is 11.5 Å². The van der Waals surface area contributed by atoms with Crippen molar-refractivity contribution in [1.29, 1.82) is 0 Å². The zero-order valence-electron chi connectivity index (χ0n) is 12.8. The van der Waals surface area contributed by atoms with Gasteiger partial charge in [-0.3, -0.25) is 0 Å². The van der Waals surface area contributed by atoms with E-state index in [1.807, 2.05) is 25.1 Å². The second-order valence-corrected chi connectivity index (χ2v) is 5.63. The van der Waals surface area contributed by atoms with E-state index in [0.29, 0.717) is 12.3 Å². The fraction of sp³-hybridized carbons (Fsp3) is 0.312. The minimum Gasteiger partial charge on any atom is -0.504 e. The van der Waals surface area contributed by atoms with Crippen molar-refractivity contribution in [2.45, 2.75) is 20.0 Å². The van der Waals surface area contributed by atoms with Gasteiger partial charge in [-0.1, -0.05) is 18.2 Å². The summed E-state index contributed by atoms with van der Waals surface area (Å²) in [6.45, 7) is 3.90. The molecule has 0 radical (unpaired) electrons. The third-order valence-electron chi connectivity index (χ3n) is 3.06. The lowest BCUT2D eigenvalue weighted by molar-refractivity contribution is 0.370. The minimum absolute atomic E-state index is 0.142. The number of hydrogen-bond acceptors (Lipinski definition) is 4. The molecule has 5 nitrogen and oxygen atoms in total. The Bertz CT molecular complexity index is 612. The van der Waals surface area contributed by atoms with E-state index in [1.165, 1.54) is 12.0 Å². The van der Waals surface area contributed by atoms with Crippen molar-refractivity contribution < 1.29 is 9.84 Å². The van der Waals surface area contributed by atoms with Gasteiger partial charge in [0, 0.05) is 17.0 Å². The number of thiophene rings is 1. The van der Waals surface area contributed by atoms with Crippen molar-refractivity contribution in [3.63, 3.8) is 0 Å². The van der Waals surface area contributed by atoms with E-state index in [2.05, 4.69) is 27.1 Å². The Morgan fingerprint density at radius 3 is 2.82 bits per heavy atom. The summed E-state index contributed by atoms with van der Waals surface area (Å²) in [4.78, 5) is 5.75. The van der Waals surface area contributed by atoms with Gasteiger partial charge in [0.2, 0.25) is 0 Å². The van der Waals surface area contributed by atoms with Crippen LogP contribution in [0.2, 0.25) is 0 Å². The molecule has 3 N–H and O–H groups in total. The number of aliphatic imine (C=N–C) groups is 1. The summed E-state index contributed by atoms with van der Waals surface area (Å²) < 4.78 is 5.11. The molecule has 118 valence electrons. The highest BCUT2D eigenvalue weighted by Crippen LogP contribution is 2.29. The summed E-state index contributed by atoms with van der Waals surface area (Å²) in [5.74, 6) is 1.32. The minimum atomic E-state index is 0.142. The maximum atomic E-state index is 10.1. The predicted octanol–water partition coefficient (Wildman–Crippen LogP) is 2.72. The van der Waals surface area contributed by atoms with Gasteiger partial charge >= 0.3 is 0 Å². The molecule has 0 saturated carbocycles. The van der Waals surface area contributed by atoms with Gasteiger partial charge in [0.1, 0.15) is 0 Å². The molecule has 0 atom stereocenters. The largest absolute Gasteiger partial charge is 0.504 e. The third-order valence-corrected chi connectivity index (χ3v) is 3.94. The Balaban J connectivity index is 2.03. The lowest BCUT2D eigenvalue weighted by Crippen LogP contribution is -2.36. The molecule has 1 aromatic carbocycles. The van der Waals surface area contributed by atoms with Crippen molar-refractivity contribution in [2.75, 3.05) is 13.7 Å². The molecule has 0 bridgehead atoms. The fourth-order valence-electron chi connectivity index (χ4n) is 1.95. The lowest BCUT2D eigenvalue weighted by atomic mass is 10.2. The van der Waals surface area contributed by atoms with Gasteiger partial charge in [-0.05, 0) is 24.4 Å². The molecular formula is C16H21N3O2S.